The number of allylic oxidation sites excluding steroid dienone is 2. The first-order valence-corrected chi connectivity index (χ1v) is 11.2. The van der Waals surface area contributed by atoms with E-state index >= 15 is 0 Å². The summed E-state index contributed by atoms with van der Waals surface area (Å²) >= 11 is 0. The molecule has 0 saturated carbocycles. The predicted molar refractivity (Wildman–Crippen MR) is 132 cm³/mol. The molecule has 1 aromatic rings. The molecule has 0 spiro atoms. The van der Waals surface area contributed by atoms with E-state index in [9.17, 15) is 0 Å². The summed E-state index contributed by atoms with van der Waals surface area (Å²) in [5.41, 5.74) is 5.12. The fraction of sp³-hybridized carbons (Fsp3) is 0.500. The Bertz CT molecular complexity index is 793. The average molecular weight is 407 g/mol. The number of rotatable bonds is 12. The van der Waals surface area contributed by atoms with E-state index in [-0.39, 0.29) is 0 Å². The highest BCUT2D eigenvalue weighted by Gasteiger charge is 2.22. The number of hydrogen-bond donors (Lipinski definition) is 0. The highest BCUT2D eigenvalue weighted by Crippen LogP contribution is 2.17. The topological polar surface area (TPSA) is 40.3 Å². The SMILES string of the molecule is C=C(N=CCc1cccc(CN=C/C=C\C)c1C)N1CC(=NCCCC(C)CC)C1. The lowest BCUT2D eigenvalue weighted by Crippen LogP contribution is -2.46. The first-order chi connectivity index (χ1) is 14.5. The quantitative estimate of drug-likeness (QED) is 0.319. The molecule has 1 atom stereocenters. The maximum atomic E-state index is 4.72. The van der Waals surface area contributed by atoms with Crippen molar-refractivity contribution in [2.24, 2.45) is 20.9 Å². The van der Waals surface area contributed by atoms with Gasteiger partial charge in [0.2, 0.25) is 0 Å². The van der Waals surface area contributed by atoms with Gasteiger partial charge in [-0.15, -0.1) is 0 Å². The van der Waals surface area contributed by atoms with Crippen LogP contribution in [0.5, 0.6) is 0 Å². The third-order valence-electron chi connectivity index (χ3n) is 5.75. The van der Waals surface area contributed by atoms with Gasteiger partial charge in [0.25, 0.3) is 0 Å². The summed E-state index contributed by atoms with van der Waals surface area (Å²) in [6.07, 6.45) is 12.3. The van der Waals surface area contributed by atoms with Crippen molar-refractivity contribution in [2.75, 3.05) is 19.6 Å². The number of benzene rings is 1. The molecule has 1 heterocycles. The zero-order valence-corrected chi connectivity index (χ0v) is 19.3. The summed E-state index contributed by atoms with van der Waals surface area (Å²) in [6, 6.07) is 6.41. The van der Waals surface area contributed by atoms with Gasteiger partial charge in [0.15, 0.2) is 0 Å². The van der Waals surface area contributed by atoms with E-state index < -0.39 is 0 Å². The molecule has 0 bridgehead atoms. The standard InChI is InChI=1S/C26H38N4/c1-6-8-15-27-18-25-13-9-12-24(22(25)4)14-17-28-23(5)30-19-26(20-30)29-16-10-11-21(3)7-2/h6,8-9,12-13,15,17,21H,5,7,10-11,14,16,18-20H2,1-4H3/b8-6-,27-15?,28-17?. The second-order valence-corrected chi connectivity index (χ2v) is 8.11. The van der Waals surface area contributed by atoms with Crippen LogP contribution in [0.1, 0.15) is 56.7 Å². The minimum atomic E-state index is 0.709. The van der Waals surface area contributed by atoms with Gasteiger partial charge in [-0.25, -0.2) is 4.99 Å². The van der Waals surface area contributed by atoms with Crippen molar-refractivity contribution in [1.29, 1.82) is 0 Å². The van der Waals surface area contributed by atoms with Gasteiger partial charge in [-0.05, 0) is 55.4 Å². The maximum absolute atomic E-state index is 4.72. The molecule has 4 nitrogen and oxygen atoms in total. The van der Waals surface area contributed by atoms with Gasteiger partial charge in [0.1, 0.15) is 5.82 Å². The molecule has 0 amide bonds. The molecule has 1 fully saturated rings. The van der Waals surface area contributed by atoms with Crippen molar-refractivity contribution < 1.29 is 0 Å². The van der Waals surface area contributed by atoms with Gasteiger partial charge in [-0.2, -0.15) is 0 Å². The molecule has 1 aliphatic rings. The Hall–Kier alpha value is -2.49. The fourth-order valence-electron chi connectivity index (χ4n) is 3.32. The van der Waals surface area contributed by atoms with Crippen LogP contribution < -0.4 is 0 Å². The first kappa shape index (κ1) is 23.8. The third-order valence-corrected chi connectivity index (χ3v) is 5.75. The van der Waals surface area contributed by atoms with Crippen LogP contribution in [0.2, 0.25) is 0 Å². The summed E-state index contributed by atoms with van der Waals surface area (Å²) in [4.78, 5) is 15.9. The highest BCUT2D eigenvalue weighted by atomic mass is 15.3. The zero-order valence-electron chi connectivity index (χ0n) is 19.3. The molecular weight excluding hydrogens is 368 g/mol. The molecule has 0 aliphatic carbocycles. The van der Waals surface area contributed by atoms with Crippen molar-refractivity contribution in [1.82, 2.24) is 4.90 Å². The summed E-state index contributed by atoms with van der Waals surface area (Å²) < 4.78 is 0. The summed E-state index contributed by atoms with van der Waals surface area (Å²) in [7, 11) is 0. The minimum absolute atomic E-state index is 0.709. The van der Waals surface area contributed by atoms with E-state index in [4.69, 9.17) is 4.99 Å². The molecule has 1 saturated heterocycles. The Morgan fingerprint density at radius 1 is 1.27 bits per heavy atom. The van der Waals surface area contributed by atoms with E-state index in [1.165, 1.54) is 41.7 Å². The third kappa shape index (κ3) is 7.74. The van der Waals surface area contributed by atoms with Crippen LogP contribution in [-0.4, -0.2) is 42.7 Å². The van der Waals surface area contributed by atoms with Crippen molar-refractivity contribution in [3.63, 3.8) is 0 Å². The monoisotopic (exact) mass is 406 g/mol. The van der Waals surface area contributed by atoms with E-state index in [1.807, 2.05) is 31.5 Å². The first-order valence-electron chi connectivity index (χ1n) is 11.2. The zero-order chi connectivity index (χ0) is 21.8. The Balaban J connectivity index is 1.76. The van der Waals surface area contributed by atoms with Crippen LogP contribution in [0.3, 0.4) is 0 Å². The van der Waals surface area contributed by atoms with Gasteiger partial charge >= 0.3 is 0 Å². The molecular formula is C26H38N4. The summed E-state index contributed by atoms with van der Waals surface area (Å²) in [6.45, 7) is 16.3. The number of hydrogen-bond acceptors (Lipinski definition) is 4. The molecule has 0 N–H and O–H groups in total. The molecule has 2 rings (SSSR count). The Morgan fingerprint density at radius 2 is 2.03 bits per heavy atom. The number of likely N-dealkylation sites (tertiary alicyclic amines) is 1. The highest BCUT2D eigenvalue weighted by molar-refractivity contribution is 5.93. The fourth-order valence-corrected chi connectivity index (χ4v) is 3.32. The Labute approximate surface area is 183 Å². The van der Waals surface area contributed by atoms with Crippen LogP contribution >= 0.6 is 0 Å². The molecule has 162 valence electrons. The van der Waals surface area contributed by atoms with Crippen molar-refractivity contribution in [3.8, 4) is 0 Å². The molecule has 1 aromatic carbocycles. The molecule has 0 aromatic heterocycles. The van der Waals surface area contributed by atoms with Crippen LogP contribution in [0.4, 0.5) is 0 Å². The van der Waals surface area contributed by atoms with Gasteiger partial charge in [0.05, 0.1) is 25.3 Å². The van der Waals surface area contributed by atoms with E-state index in [0.29, 0.717) is 6.54 Å². The van der Waals surface area contributed by atoms with E-state index in [1.54, 1.807) is 0 Å². The number of aliphatic imine (C=N–C) groups is 3. The lowest BCUT2D eigenvalue weighted by Gasteiger charge is -2.34. The molecule has 1 aliphatic heterocycles. The average Bonchev–Trinajstić information content (AvgIpc) is 2.71. The minimum Gasteiger partial charge on any atom is -0.346 e. The predicted octanol–water partition coefficient (Wildman–Crippen LogP) is 5.81. The normalized spacial score (nSPS) is 15.3. The van der Waals surface area contributed by atoms with Crippen LogP contribution in [0.25, 0.3) is 0 Å². The van der Waals surface area contributed by atoms with Crippen LogP contribution in [0.15, 0.2) is 57.7 Å². The lowest BCUT2D eigenvalue weighted by molar-refractivity contribution is 0.382. The van der Waals surface area contributed by atoms with Crippen molar-refractivity contribution in [3.05, 3.63) is 59.4 Å². The van der Waals surface area contributed by atoms with E-state index in [0.717, 1.165) is 37.8 Å². The maximum Gasteiger partial charge on any atom is 0.121 e. The van der Waals surface area contributed by atoms with E-state index in [2.05, 4.69) is 60.4 Å². The van der Waals surface area contributed by atoms with Crippen LogP contribution in [-0.2, 0) is 13.0 Å². The van der Waals surface area contributed by atoms with Gasteiger partial charge in [-0.1, -0.05) is 51.1 Å². The smallest absolute Gasteiger partial charge is 0.121 e. The molecule has 30 heavy (non-hydrogen) atoms. The van der Waals surface area contributed by atoms with Gasteiger partial charge in [-0.3, -0.25) is 9.98 Å². The molecule has 4 heteroatoms. The Kier molecular flexibility index (Phi) is 10.3. The largest absolute Gasteiger partial charge is 0.346 e. The lowest BCUT2D eigenvalue weighted by atomic mass is 10.0. The summed E-state index contributed by atoms with van der Waals surface area (Å²) in [5, 5.41) is 0. The Morgan fingerprint density at radius 3 is 2.77 bits per heavy atom. The molecule has 0 radical (unpaired) electrons. The second-order valence-electron chi connectivity index (χ2n) is 8.11. The van der Waals surface area contributed by atoms with Gasteiger partial charge < -0.3 is 4.90 Å². The van der Waals surface area contributed by atoms with Crippen molar-refractivity contribution in [2.45, 2.75) is 59.9 Å². The summed E-state index contributed by atoms with van der Waals surface area (Å²) in [5.74, 6) is 1.64. The number of nitrogens with zero attached hydrogens (tertiary/aromatic N) is 4. The molecule has 1 unspecified atom stereocenters. The van der Waals surface area contributed by atoms with Gasteiger partial charge in [0, 0.05) is 25.4 Å². The van der Waals surface area contributed by atoms with Crippen LogP contribution in [0, 0.1) is 12.8 Å². The van der Waals surface area contributed by atoms with Crippen molar-refractivity contribution >= 4 is 18.1 Å². The second kappa shape index (κ2) is 12.9.